The van der Waals surface area contributed by atoms with Gasteiger partial charge < -0.3 is 20.3 Å². The highest BCUT2D eigenvalue weighted by Gasteiger charge is 2.22. The Bertz CT molecular complexity index is 711. The Kier molecular flexibility index (Phi) is 8.30. The maximum atomic E-state index is 12.0. The third-order valence-corrected chi connectivity index (χ3v) is 5.20. The van der Waals surface area contributed by atoms with Gasteiger partial charge in [-0.15, -0.1) is 0 Å². The van der Waals surface area contributed by atoms with Crippen LogP contribution in [0.15, 0.2) is 23.3 Å². The molecule has 30 heavy (non-hydrogen) atoms. The monoisotopic (exact) mass is 416 g/mol. The van der Waals surface area contributed by atoms with Gasteiger partial charge in [0.25, 0.3) is 0 Å². The number of amides is 1. The zero-order valence-corrected chi connectivity index (χ0v) is 18.6. The fourth-order valence-corrected chi connectivity index (χ4v) is 3.40. The van der Waals surface area contributed by atoms with Crippen LogP contribution in [0.1, 0.15) is 39.2 Å². The van der Waals surface area contributed by atoms with Crippen LogP contribution >= 0.6 is 0 Å². The molecule has 3 rings (SSSR count). The Morgan fingerprint density at radius 3 is 2.73 bits per heavy atom. The first-order chi connectivity index (χ1) is 14.5. The van der Waals surface area contributed by atoms with Gasteiger partial charge in [0.2, 0.25) is 11.8 Å². The van der Waals surface area contributed by atoms with Gasteiger partial charge in [-0.3, -0.25) is 9.69 Å². The lowest BCUT2D eigenvalue weighted by molar-refractivity contribution is -0.123. The average molecular weight is 417 g/mol. The van der Waals surface area contributed by atoms with E-state index in [1.807, 2.05) is 26.0 Å². The topological polar surface area (TPSA) is 82.1 Å². The lowest BCUT2D eigenvalue weighted by Gasteiger charge is -2.36. The number of piperazine rings is 1. The second kappa shape index (κ2) is 11.2. The molecule has 8 nitrogen and oxygen atoms in total. The Morgan fingerprint density at radius 1 is 1.30 bits per heavy atom. The summed E-state index contributed by atoms with van der Waals surface area (Å²) >= 11 is 0. The van der Waals surface area contributed by atoms with Crippen LogP contribution < -0.4 is 15.4 Å². The molecule has 1 saturated heterocycles. The third-order valence-electron chi connectivity index (χ3n) is 5.20. The van der Waals surface area contributed by atoms with E-state index in [-0.39, 0.29) is 11.9 Å². The lowest BCUT2D eigenvalue weighted by Crippen LogP contribution is -2.54. The van der Waals surface area contributed by atoms with E-state index in [1.165, 1.54) is 12.8 Å². The van der Waals surface area contributed by atoms with Crippen molar-refractivity contribution in [3.63, 3.8) is 0 Å². The van der Waals surface area contributed by atoms with Crippen molar-refractivity contribution in [2.75, 3.05) is 45.9 Å². The normalized spacial score (nSPS) is 17.9. The number of carbonyl (C=O) groups is 1. The highest BCUT2D eigenvalue weighted by atomic mass is 16.5. The summed E-state index contributed by atoms with van der Waals surface area (Å²) in [5.41, 5.74) is 1.09. The van der Waals surface area contributed by atoms with E-state index in [9.17, 15) is 4.79 Å². The zero-order valence-electron chi connectivity index (χ0n) is 18.6. The molecule has 2 fully saturated rings. The van der Waals surface area contributed by atoms with Crippen molar-refractivity contribution in [3.8, 4) is 5.88 Å². The summed E-state index contributed by atoms with van der Waals surface area (Å²) in [5, 5.41) is 6.36. The van der Waals surface area contributed by atoms with Crippen molar-refractivity contribution in [1.82, 2.24) is 25.4 Å². The number of hydrogen-bond donors (Lipinski definition) is 2. The molecule has 1 amide bonds. The van der Waals surface area contributed by atoms with Crippen LogP contribution in [0.5, 0.6) is 5.88 Å². The molecule has 1 aromatic rings. The van der Waals surface area contributed by atoms with Crippen molar-refractivity contribution < 1.29 is 9.53 Å². The number of nitrogens with zero attached hydrogens (tertiary/aromatic N) is 4. The van der Waals surface area contributed by atoms with E-state index in [2.05, 4.69) is 32.3 Å². The minimum Gasteiger partial charge on any atom is -0.477 e. The highest BCUT2D eigenvalue weighted by Crippen LogP contribution is 2.29. The summed E-state index contributed by atoms with van der Waals surface area (Å²) in [7, 11) is 0. The molecule has 0 spiro atoms. The average Bonchev–Trinajstić information content (AvgIpc) is 3.54. The van der Waals surface area contributed by atoms with Crippen LogP contribution in [-0.2, 0) is 11.3 Å². The summed E-state index contributed by atoms with van der Waals surface area (Å²) in [4.78, 5) is 25.6. The third kappa shape index (κ3) is 7.48. The predicted molar refractivity (Wildman–Crippen MR) is 119 cm³/mol. The lowest BCUT2D eigenvalue weighted by atomic mass is 10.2. The summed E-state index contributed by atoms with van der Waals surface area (Å²) in [6.45, 7) is 12.1. The van der Waals surface area contributed by atoms with Crippen LogP contribution in [0.3, 0.4) is 0 Å². The van der Waals surface area contributed by atoms with Crippen molar-refractivity contribution in [1.29, 1.82) is 0 Å². The highest BCUT2D eigenvalue weighted by molar-refractivity contribution is 5.80. The van der Waals surface area contributed by atoms with Gasteiger partial charge in [0, 0.05) is 51.0 Å². The van der Waals surface area contributed by atoms with Crippen LogP contribution in [0.4, 0.5) is 0 Å². The minimum absolute atomic E-state index is 0.0939. The fraction of sp³-hybridized carbons (Fsp3) is 0.682. The molecule has 1 aliphatic carbocycles. The van der Waals surface area contributed by atoms with Crippen LogP contribution in [-0.4, -0.2) is 78.6 Å². The SMILES string of the molecule is CCNC(=NCc1ccnc(OCC2CC2)c1)N1CCN(CC(=O)NC(C)C)CC1. The second-order valence-electron chi connectivity index (χ2n) is 8.41. The number of ether oxygens (including phenoxy) is 1. The Balaban J connectivity index is 1.51. The van der Waals surface area contributed by atoms with E-state index < -0.39 is 0 Å². The molecule has 8 heteroatoms. The maximum absolute atomic E-state index is 12.0. The van der Waals surface area contributed by atoms with Crippen molar-refractivity contribution >= 4 is 11.9 Å². The summed E-state index contributed by atoms with van der Waals surface area (Å²) in [5.74, 6) is 2.41. The molecule has 1 aromatic heterocycles. The van der Waals surface area contributed by atoms with Gasteiger partial charge >= 0.3 is 0 Å². The quantitative estimate of drug-likeness (QED) is 0.469. The van der Waals surface area contributed by atoms with Gasteiger partial charge in [0.1, 0.15) is 0 Å². The van der Waals surface area contributed by atoms with Gasteiger partial charge in [0.15, 0.2) is 5.96 Å². The second-order valence-corrected chi connectivity index (χ2v) is 8.41. The first-order valence-electron chi connectivity index (χ1n) is 11.2. The predicted octanol–water partition coefficient (Wildman–Crippen LogP) is 1.48. The number of pyridine rings is 1. The van der Waals surface area contributed by atoms with E-state index in [0.717, 1.165) is 50.9 Å². The first kappa shape index (κ1) is 22.3. The Hall–Kier alpha value is -2.35. The molecule has 166 valence electrons. The van der Waals surface area contributed by atoms with Gasteiger partial charge in [-0.1, -0.05) is 0 Å². The van der Waals surface area contributed by atoms with E-state index in [0.29, 0.717) is 24.9 Å². The molecule has 2 N–H and O–H groups in total. The van der Waals surface area contributed by atoms with E-state index in [1.54, 1.807) is 6.20 Å². The first-order valence-corrected chi connectivity index (χ1v) is 11.2. The number of hydrogen-bond acceptors (Lipinski definition) is 5. The van der Waals surface area contributed by atoms with E-state index >= 15 is 0 Å². The molecular weight excluding hydrogens is 380 g/mol. The smallest absolute Gasteiger partial charge is 0.234 e. The van der Waals surface area contributed by atoms with Crippen LogP contribution in [0.2, 0.25) is 0 Å². The Labute approximate surface area is 180 Å². The zero-order chi connectivity index (χ0) is 21.3. The molecule has 1 saturated carbocycles. The standard InChI is InChI=1S/C22H36N6O2/c1-4-23-22(28-11-9-27(10-12-28)15-20(29)26-17(2)3)25-14-19-7-8-24-21(13-19)30-16-18-5-6-18/h7-8,13,17-18H,4-6,9-12,14-16H2,1-3H3,(H,23,25)(H,26,29). The van der Waals surface area contributed by atoms with Crippen molar-refractivity contribution in [2.45, 2.75) is 46.2 Å². The van der Waals surface area contributed by atoms with E-state index in [4.69, 9.17) is 9.73 Å². The van der Waals surface area contributed by atoms with Gasteiger partial charge in [-0.2, -0.15) is 0 Å². The molecule has 0 atom stereocenters. The molecule has 2 heterocycles. The summed E-state index contributed by atoms with van der Waals surface area (Å²) in [6, 6.07) is 4.15. The molecule has 0 radical (unpaired) electrons. The number of carbonyl (C=O) groups excluding carboxylic acids is 1. The molecule has 2 aliphatic rings. The number of rotatable bonds is 9. The van der Waals surface area contributed by atoms with Crippen LogP contribution in [0, 0.1) is 5.92 Å². The molecule has 0 bridgehead atoms. The largest absolute Gasteiger partial charge is 0.477 e. The summed E-state index contributed by atoms with van der Waals surface area (Å²) in [6.07, 6.45) is 4.33. The number of nitrogens with one attached hydrogen (secondary N) is 2. The van der Waals surface area contributed by atoms with Gasteiger partial charge in [0.05, 0.1) is 19.7 Å². The molecular formula is C22H36N6O2. The van der Waals surface area contributed by atoms with Crippen molar-refractivity contribution in [2.24, 2.45) is 10.9 Å². The molecule has 0 aromatic carbocycles. The number of aromatic nitrogens is 1. The Morgan fingerprint density at radius 2 is 2.07 bits per heavy atom. The van der Waals surface area contributed by atoms with Gasteiger partial charge in [-0.25, -0.2) is 9.98 Å². The maximum Gasteiger partial charge on any atom is 0.234 e. The molecule has 0 unspecified atom stereocenters. The summed E-state index contributed by atoms with van der Waals surface area (Å²) < 4.78 is 5.78. The number of aliphatic imine (C=N–C) groups is 1. The molecule has 1 aliphatic heterocycles. The van der Waals surface area contributed by atoms with Crippen molar-refractivity contribution in [3.05, 3.63) is 23.9 Å². The van der Waals surface area contributed by atoms with Crippen LogP contribution in [0.25, 0.3) is 0 Å². The van der Waals surface area contributed by atoms with Gasteiger partial charge in [-0.05, 0) is 51.2 Å². The number of guanidine groups is 1. The fourth-order valence-electron chi connectivity index (χ4n) is 3.40. The minimum atomic E-state index is 0.0939.